The molecule has 3 N–H and O–H groups in total. The van der Waals surface area contributed by atoms with Crippen molar-refractivity contribution >= 4 is 0 Å². The average molecular weight is 212 g/mol. The van der Waals surface area contributed by atoms with Gasteiger partial charge in [-0.3, -0.25) is 10.5 Å². The van der Waals surface area contributed by atoms with Gasteiger partial charge in [0.2, 0.25) is 0 Å². The molecule has 1 aromatic rings. The van der Waals surface area contributed by atoms with E-state index in [0.29, 0.717) is 0 Å². The lowest BCUT2D eigenvalue weighted by Crippen LogP contribution is -2.38. The number of hydrazine groups is 1. The van der Waals surface area contributed by atoms with Crippen molar-refractivity contribution in [1.82, 2.24) is 15.2 Å². The molecule has 2 atom stereocenters. The first-order valence-corrected chi connectivity index (χ1v) is 5.29. The fourth-order valence-corrected chi connectivity index (χ4v) is 1.79. The SMILES string of the molecule is CCC(OC)C(NN)c1ccnn1CC. The molecule has 0 saturated heterocycles. The molecule has 0 bridgehead atoms. The van der Waals surface area contributed by atoms with Gasteiger partial charge in [-0.15, -0.1) is 0 Å². The van der Waals surface area contributed by atoms with Crippen LogP contribution >= 0.6 is 0 Å². The molecule has 0 aliphatic heterocycles. The van der Waals surface area contributed by atoms with Gasteiger partial charge >= 0.3 is 0 Å². The summed E-state index contributed by atoms with van der Waals surface area (Å²) >= 11 is 0. The summed E-state index contributed by atoms with van der Waals surface area (Å²) in [6, 6.07) is 1.96. The first-order valence-electron chi connectivity index (χ1n) is 5.29. The number of nitrogens with one attached hydrogen (secondary N) is 1. The number of aryl methyl sites for hydroxylation is 1. The van der Waals surface area contributed by atoms with Crippen LogP contribution in [0.15, 0.2) is 12.3 Å². The number of aromatic nitrogens is 2. The molecule has 0 saturated carbocycles. The molecular weight excluding hydrogens is 192 g/mol. The predicted octanol–water partition coefficient (Wildman–Crippen LogP) is 0.832. The third-order valence-corrected chi connectivity index (χ3v) is 2.62. The molecule has 0 spiro atoms. The van der Waals surface area contributed by atoms with E-state index in [4.69, 9.17) is 10.6 Å². The Kier molecular flexibility index (Phi) is 4.74. The second kappa shape index (κ2) is 5.85. The Balaban J connectivity index is 2.90. The topological polar surface area (TPSA) is 65.1 Å². The Morgan fingerprint density at radius 2 is 2.33 bits per heavy atom. The van der Waals surface area contributed by atoms with E-state index in [1.54, 1.807) is 13.3 Å². The highest BCUT2D eigenvalue weighted by Crippen LogP contribution is 2.20. The van der Waals surface area contributed by atoms with Gasteiger partial charge in [0.1, 0.15) is 0 Å². The van der Waals surface area contributed by atoms with Crippen molar-refractivity contribution in [2.24, 2.45) is 5.84 Å². The molecule has 0 aromatic carbocycles. The molecule has 0 aliphatic carbocycles. The summed E-state index contributed by atoms with van der Waals surface area (Å²) in [5.41, 5.74) is 3.86. The van der Waals surface area contributed by atoms with Crippen LogP contribution in [0.1, 0.15) is 32.0 Å². The summed E-state index contributed by atoms with van der Waals surface area (Å²) < 4.78 is 7.32. The maximum Gasteiger partial charge on any atom is 0.0890 e. The average Bonchev–Trinajstić information content (AvgIpc) is 2.73. The van der Waals surface area contributed by atoms with Crippen LogP contribution in [0.3, 0.4) is 0 Å². The Bertz CT molecular complexity index is 283. The van der Waals surface area contributed by atoms with Crippen LogP contribution in [0.4, 0.5) is 0 Å². The maximum atomic E-state index is 5.57. The lowest BCUT2D eigenvalue weighted by Gasteiger charge is -2.24. The summed E-state index contributed by atoms with van der Waals surface area (Å²) in [5.74, 6) is 5.57. The summed E-state index contributed by atoms with van der Waals surface area (Å²) in [6.45, 7) is 4.96. The van der Waals surface area contributed by atoms with E-state index in [1.807, 2.05) is 10.7 Å². The quantitative estimate of drug-likeness (QED) is 0.541. The van der Waals surface area contributed by atoms with E-state index in [0.717, 1.165) is 18.7 Å². The molecule has 5 heteroatoms. The second-order valence-electron chi connectivity index (χ2n) is 3.40. The molecule has 0 radical (unpaired) electrons. The van der Waals surface area contributed by atoms with Crippen molar-refractivity contribution in [1.29, 1.82) is 0 Å². The highest BCUT2D eigenvalue weighted by Gasteiger charge is 2.23. The van der Waals surface area contributed by atoms with E-state index in [-0.39, 0.29) is 12.1 Å². The number of ether oxygens (including phenoxy) is 1. The first-order chi connectivity index (χ1) is 7.28. The van der Waals surface area contributed by atoms with Gasteiger partial charge in [0.15, 0.2) is 0 Å². The van der Waals surface area contributed by atoms with Crippen molar-refractivity contribution in [3.05, 3.63) is 18.0 Å². The number of methoxy groups -OCH3 is 1. The first kappa shape index (κ1) is 12.2. The van der Waals surface area contributed by atoms with E-state index in [2.05, 4.69) is 24.4 Å². The van der Waals surface area contributed by atoms with Crippen molar-refractivity contribution in [2.75, 3.05) is 7.11 Å². The fourth-order valence-electron chi connectivity index (χ4n) is 1.79. The van der Waals surface area contributed by atoms with Crippen molar-refractivity contribution in [3.63, 3.8) is 0 Å². The van der Waals surface area contributed by atoms with Crippen LogP contribution in [0.5, 0.6) is 0 Å². The minimum atomic E-state index is -0.0116. The van der Waals surface area contributed by atoms with Crippen LogP contribution in [-0.4, -0.2) is 23.0 Å². The van der Waals surface area contributed by atoms with Crippen molar-refractivity contribution in [2.45, 2.75) is 39.0 Å². The molecule has 2 unspecified atom stereocenters. The number of hydrogen-bond donors (Lipinski definition) is 2. The van der Waals surface area contributed by atoms with Gasteiger partial charge in [-0.05, 0) is 19.4 Å². The largest absolute Gasteiger partial charge is 0.379 e. The minimum absolute atomic E-state index is 0.0116. The minimum Gasteiger partial charge on any atom is -0.379 e. The summed E-state index contributed by atoms with van der Waals surface area (Å²) in [5, 5.41) is 4.22. The number of rotatable bonds is 6. The zero-order chi connectivity index (χ0) is 11.3. The van der Waals surface area contributed by atoms with Crippen LogP contribution in [0.25, 0.3) is 0 Å². The lowest BCUT2D eigenvalue weighted by atomic mass is 10.1. The molecule has 0 amide bonds. The molecule has 1 rings (SSSR count). The van der Waals surface area contributed by atoms with Gasteiger partial charge in [0, 0.05) is 19.9 Å². The Morgan fingerprint density at radius 3 is 2.80 bits per heavy atom. The molecule has 0 fully saturated rings. The van der Waals surface area contributed by atoms with E-state index < -0.39 is 0 Å². The normalized spacial score (nSPS) is 15.2. The molecule has 0 aliphatic rings. The highest BCUT2D eigenvalue weighted by atomic mass is 16.5. The standard InChI is InChI=1S/C10H20N4O/c1-4-9(15-3)10(13-11)8-6-7-12-14(8)5-2/h6-7,9-10,13H,4-5,11H2,1-3H3. The van der Waals surface area contributed by atoms with Crippen LogP contribution < -0.4 is 11.3 Å². The zero-order valence-corrected chi connectivity index (χ0v) is 9.60. The maximum absolute atomic E-state index is 5.57. The Morgan fingerprint density at radius 1 is 1.60 bits per heavy atom. The molecule has 1 aromatic heterocycles. The lowest BCUT2D eigenvalue weighted by molar-refractivity contribution is 0.0623. The van der Waals surface area contributed by atoms with Gasteiger partial charge in [-0.1, -0.05) is 6.92 Å². The predicted molar refractivity (Wildman–Crippen MR) is 59.1 cm³/mol. The van der Waals surface area contributed by atoms with Crippen LogP contribution in [-0.2, 0) is 11.3 Å². The fraction of sp³-hybridized carbons (Fsp3) is 0.700. The molecule has 5 nitrogen and oxygen atoms in total. The summed E-state index contributed by atoms with van der Waals surface area (Å²) in [6.07, 6.45) is 2.75. The van der Waals surface area contributed by atoms with Crippen LogP contribution in [0, 0.1) is 0 Å². The Hall–Kier alpha value is -0.910. The third kappa shape index (κ3) is 2.56. The van der Waals surface area contributed by atoms with Gasteiger partial charge in [0.25, 0.3) is 0 Å². The Labute approximate surface area is 90.6 Å². The number of nitrogens with zero attached hydrogens (tertiary/aromatic N) is 2. The molecule has 1 heterocycles. The monoisotopic (exact) mass is 212 g/mol. The summed E-state index contributed by atoms with van der Waals surface area (Å²) in [7, 11) is 1.70. The van der Waals surface area contributed by atoms with E-state index in [9.17, 15) is 0 Å². The highest BCUT2D eigenvalue weighted by molar-refractivity contribution is 5.08. The smallest absolute Gasteiger partial charge is 0.0890 e. The van der Waals surface area contributed by atoms with Gasteiger partial charge in [-0.25, -0.2) is 5.43 Å². The van der Waals surface area contributed by atoms with E-state index >= 15 is 0 Å². The summed E-state index contributed by atoms with van der Waals surface area (Å²) in [4.78, 5) is 0. The van der Waals surface area contributed by atoms with Crippen molar-refractivity contribution in [3.8, 4) is 0 Å². The number of nitrogens with two attached hydrogens (primary N) is 1. The van der Waals surface area contributed by atoms with Crippen LogP contribution in [0.2, 0.25) is 0 Å². The van der Waals surface area contributed by atoms with Gasteiger partial charge < -0.3 is 4.74 Å². The second-order valence-corrected chi connectivity index (χ2v) is 3.40. The zero-order valence-electron chi connectivity index (χ0n) is 9.60. The third-order valence-electron chi connectivity index (χ3n) is 2.62. The molecule has 15 heavy (non-hydrogen) atoms. The van der Waals surface area contributed by atoms with E-state index in [1.165, 1.54) is 0 Å². The molecular formula is C10H20N4O. The van der Waals surface area contributed by atoms with Gasteiger partial charge in [-0.2, -0.15) is 5.10 Å². The molecule has 86 valence electrons. The van der Waals surface area contributed by atoms with Gasteiger partial charge in [0.05, 0.1) is 17.8 Å². The van der Waals surface area contributed by atoms with Crippen molar-refractivity contribution < 1.29 is 4.74 Å². The number of hydrogen-bond acceptors (Lipinski definition) is 4.